The summed E-state index contributed by atoms with van der Waals surface area (Å²) in [5.74, 6) is 0.129. The molecule has 1 fully saturated rings. The molecule has 126 valence electrons. The van der Waals surface area contributed by atoms with Crippen molar-refractivity contribution in [2.45, 2.75) is 17.5 Å². The molecule has 0 amide bonds. The molecule has 1 aliphatic rings. The Balaban J connectivity index is 0.00000242. The molecular formula is C12H15Cl2F3N2O2S. The first-order valence-electron chi connectivity index (χ1n) is 6.27. The van der Waals surface area contributed by atoms with Crippen molar-refractivity contribution in [2.24, 2.45) is 5.92 Å². The van der Waals surface area contributed by atoms with Crippen LogP contribution in [0.2, 0.25) is 5.02 Å². The molecule has 1 saturated heterocycles. The van der Waals surface area contributed by atoms with Crippen molar-refractivity contribution in [1.82, 2.24) is 10.0 Å². The largest absolute Gasteiger partial charge is 0.416 e. The molecule has 4 nitrogen and oxygen atoms in total. The summed E-state index contributed by atoms with van der Waals surface area (Å²) in [6, 6.07) is 2.25. The molecule has 2 N–H and O–H groups in total. The first-order chi connectivity index (χ1) is 9.70. The van der Waals surface area contributed by atoms with E-state index in [-0.39, 0.29) is 29.9 Å². The highest BCUT2D eigenvalue weighted by molar-refractivity contribution is 7.89. The zero-order chi connectivity index (χ0) is 15.7. The van der Waals surface area contributed by atoms with Gasteiger partial charge in [0.05, 0.1) is 10.6 Å². The van der Waals surface area contributed by atoms with Crippen molar-refractivity contribution in [2.75, 3.05) is 19.6 Å². The van der Waals surface area contributed by atoms with Gasteiger partial charge in [-0.15, -0.1) is 12.4 Å². The molecule has 0 saturated carbocycles. The lowest BCUT2D eigenvalue weighted by Gasteiger charge is -2.13. The zero-order valence-electron chi connectivity index (χ0n) is 11.3. The molecular weight excluding hydrogens is 364 g/mol. The second kappa shape index (κ2) is 7.35. The SMILES string of the molecule is Cl.O=S(=O)(NCC1CCNC1)c1cc(C(F)(F)F)ccc1Cl. The summed E-state index contributed by atoms with van der Waals surface area (Å²) in [5, 5.41) is 2.84. The second-order valence-corrected chi connectivity index (χ2v) is 7.00. The maximum Gasteiger partial charge on any atom is 0.416 e. The Kier molecular flexibility index (Phi) is 6.52. The van der Waals surface area contributed by atoms with E-state index < -0.39 is 26.7 Å². The van der Waals surface area contributed by atoms with E-state index in [0.717, 1.165) is 25.1 Å². The van der Waals surface area contributed by atoms with Crippen molar-refractivity contribution in [3.63, 3.8) is 0 Å². The third-order valence-corrected chi connectivity index (χ3v) is 5.18. The average molecular weight is 379 g/mol. The smallest absolute Gasteiger partial charge is 0.316 e. The van der Waals surface area contributed by atoms with Gasteiger partial charge in [-0.25, -0.2) is 13.1 Å². The monoisotopic (exact) mass is 378 g/mol. The molecule has 1 unspecified atom stereocenters. The molecule has 0 aliphatic carbocycles. The van der Waals surface area contributed by atoms with Gasteiger partial charge in [0.25, 0.3) is 0 Å². The standard InChI is InChI=1S/C12H14ClF3N2O2S.ClH/c13-10-2-1-9(12(14,15)16)5-11(10)21(19,20)18-7-8-3-4-17-6-8;/h1-2,5,8,17-18H,3-4,6-7H2;1H. The van der Waals surface area contributed by atoms with Crippen LogP contribution in [0.5, 0.6) is 0 Å². The summed E-state index contributed by atoms with van der Waals surface area (Å²) < 4.78 is 64.5. The Morgan fingerprint density at radius 2 is 2.05 bits per heavy atom. The minimum atomic E-state index is -4.62. The van der Waals surface area contributed by atoms with Gasteiger partial charge in [-0.05, 0) is 43.6 Å². The van der Waals surface area contributed by atoms with Crippen molar-refractivity contribution < 1.29 is 21.6 Å². The normalized spacial score (nSPS) is 19.0. The lowest BCUT2D eigenvalue weighted by atomic mass is 10.1. The molecule has 0 bridgehead atoms. The number of halogens is 5. The molecule has 0 spiro atoms. The number of hydrogen-bond acceptors (Lipinski definition) is 3. The van der Waals surface area contributed by atoms with E-state index in [0.29, 0.717) is 12.6 Å². The van der Waals surface area contributed by atoms with E-state index in [1.807, 2.05) is 0 Å². The van der Waals surface area contributed by atoms with Crippen LogP contribution in [-0.4, -0.2) is 28.1 Å². The topological polar surface area (TPSA) is 58.2 Å². The highest BCUT2D eigenvalue weighted by Crippen LogP contribution is 2.33. The van der Waals surface area contributed by atoms with Crippen LogP contribution in [0, 0.1) is 5.92 Å². The molecule has 22 heavy (non-hydrogen) atoms. The molecule has 1 aliphatic heterocycles. The van der Waals surface area contributed by atoms with Gasteiger partial charge >= 0.3 is 6.18 Å². The first-order valence-corrected chi connectivity index (χ1v) is 8.13. The quantitative estimate of drug-likeness (QED) is 0.846. The van der Waals surface area contributed by atoms with Crippen LogP contribution in [0.1, 0.15) is 12.0 Å². The maximum absolute atomic E-state index is 12.7. The van der Waals surface area contributed by atoms with Crippen LogP contribution < -0.4 is 10.0 Å². The minimum absolute atomic E-state index is 0. The summed E-state index contributed by atoms with van der Waals surface area (Å²) in [4.78, 5) is -0.551. The van der Waals surface area contributed by atoms with E-state index in [4.69, 9.17) is 11.6 Å². The highest BCUT2D eigenvalue weighted by Gasteiger charge is 2.32. The molecule has 0 aromatic heterocycles. The fraction of sp³-hybridized carbons (Fsp3) is 0.500. The van der Waals surface area contributed by atoms with Gasteiger partial charge in [0.2, 0.25) is 10.0 Å². The van der Waals surface area contributed by atoms with Gasteiger partial charge in [-0.1, -0.05) is 11.6 Å². The predicted octanol–water partition coefficient (Wildman–Crippen LogP) is 2.67. The van der Waals surface area contributed by atoms with E-state index in [1.165, 1.54) is 0 Å². The molecule has 1 heterocycles. The van der Waals surface area contributed by atoms with Gasteiger partial charge in [0.1, 0.15) is 4.90 Å². The van der Waals surface area contributed by atoms with Crippen LogP contribution >= 0.6 is 24.0 Å². The van der Waals surface area contributed by atoms with Crippen molar-refractivity contribution >= 4 is 34.0 Å². The fourth-order valence-electron chi connectivity index (χ4n) is 2.08. The second-order valence-electron chi connectivity index (χ2n) is 4.85. The average Bonchev–Trinajstić information content (AvgIpc) is 2.88. The van der Waals surface area contributed by atoms with Crippen LogP contribution in [0.3, 0.4) is 0 Å². The lowest BCUT2D eigenvalue weighted by Crippen LogP contribution is -2.30. The molecule has 0 radical (unpaired) electrons. The highest BCUT2D eigenvalue weighted by atomic mass is 35.5. The first kappa shape index (κ1) is 19.5. The van der Waals surface area contributed by atoms with Gasteiger partial charge < -0.3 is 5.32 Å². The van der Waals surface area contributed by atoms with Gasteiger partial charge in [0, 0.05) is 6.54 Å². The number of nitrogens with one attached hydrogen (secondary N) is 2. The Morgan fingerprint density at radius 3 is 2.59 bits per heavy atom. The Labute approximate surface area is 137 Å². The number of benzene rings is 1. The van der Waals surface area contributed by atoms with Crippen molar-refractivity contribution in [1.29, 1.82) is 0 Å². The summed E-state index contributed by atoms with van der Waals surface area (Å²) in [6.07, 6.45) is -3.80. The molecule has 1 atom stereocenters. The third kappa shape index (κ3) is 4.73. The van der Waals surface area contributed by atoms with Crippen LogP contribution in [0.25, 0.3) is 0 Å². The Bertz CT molecular complexity index is 617. The van der Waals surface area contributed by atoms with Crippen LogP contribution in [0.15, 0.2) is 23.1 Å². The maximum atomic E-state index is 12.7. The zero-order valence-corrected chi connectivity index (χ0v) is 13.7. The van der Waals surface area contributed by atoms with Gasteiger partial charge in [0.15, 0.2) is 0 Å². The summed E-state index contributed by atoms with van der Waals surface area (Å²) in [7, 11) is -4.07. The number of hydrogen-bond donors (Lipinski definition) is 2. The molecule has 1 aromatic carbocycles. The predicted molar refractivity (Wildman–Crippen MR) is 79.9 cm³/mol. The Morgan fingerprint density at radius 1 is 1.36 bits per heavy atom. The van der Waals surface area contributed by atoms with Crippen molar-refractivity contribution in [3.8, 4) is 0 Å². The minimum Gasteiger partial charge on any atom is -0.316 e. The Hall–Kier alpha value is -0.540. The number of alkyl halides is 3. The van der Waals surface area contributed by atoms with Gasteiger partial charge in [-0.3, -0.25) is 0 Å². The van der Waals surface area contributed by atoms with Crippen molar-refractivity contribution in [3.05, 3.63) is 28.8 Å². The van der Waals surface area contributed by atoms with E-state index in [1.54, 1.807) is 0 Å². The van der Waals surface area contributed by atoms with E-state index in [9.17, 15) is 21.6 Å². The number of rotatable bonds is 4. The summed E-state index contributed by atoms with van der Waals surface area (Å²) in [5.41, 5.74) is -1.05. The van der Waals surface area contributed by atoms with E-state index in [2.05, 4.69) is 10.0 Å². The molecule has 2 rings (SSSR count). The molecule has 10 heteroatoms. The lowest BCUT2D eigenvalue weighted by molar-refractivity contribution is -0.137. The summed E-state index contributed by atoms with van der Waals surface area (Å²) in [6.45, 7) is 1.65. The van der Waals surface area contributed by atoms with Crippen LogP contribution in [0.4, 0.5) is 13.2 Å². The number of sulfonamides is 1. The van der Waals surface area contributed by atoms with Crippen LogP contribution in [-0.2, 0) is 16.2 Å². The fourth-order valence-corrected chi connectivity index (χ4v) is 3.72. The summed E-state index contributed by atoms with van der Waals surface area (Å²) >= 11 is 5.73. The van der Waals surface area contributed by atoms with E-state index >= 15 is 0 Å². The van der Waals surface area contributed by atoms with Gasteiger partial charge in [-0.2, -0.15) is 13.2 Å². The third-order valence-electron chi connectivity index (χ3n) is 3.27. The molecule has 1 aromatic rings.